The maximum absolute atomic E-state index is 12.5. The van der Waals surface area contributed by atoms with Crippen LogP contribution in [0.15, 0.2) is 24.3 Å². The minimum Gasteiger partial charge on any atom is -0.392 e. The van der Waals surface area contributed by atoms with Gasteiger partial charge in [-0.1, -0.05) is 26.0 Å². The molecule has 1 rings (SSSR count). The number of anilines is 1. The van der Waals surface area contributed by atoms with Crippen molar-refractivity contribution in [3.63, 3.8) is 0 Å². The fraction of sp³-hybridized carbons (Fsp3) is 0.529. The van der Waals surface area contributed by atoms with Crippen molar-refractivity contribution in [2.24, 2.45) is 17.5 Å². The quantitative estimate of drug-likeness (QED) is 0.196. The van der Waals surface area contributed by atoms with E-state index in [9.17, 15) is 9.59 Å². The highest BCUT2D eigenvalue weighted by Crippen LogP contribution is 2.11. The molecule has 0 fully saturated rings. The summed E-state index contributed by atoms with van der Waals surface area (Å²) in [6.45, 7) is 4.16. The van der Waals surface area contributed by atoms with Gasteiger partial charge in [0.15, 0.2) is 0 Å². The highest BCUT2D eigenvalue weighted by Gasteiger charge is 2.25. The van der Waals surface area contributed by atoms with Crippen LogP contribution < -0.4 is 27.6 Å². The fourth-order valence-corrected chi connectivity index (χ4v) is 2.17. The average Bonchev–Trinajstić information content (AvgIpc) is 2.60. The second-order valence-electron chi connectivity index (χ2n) is 6.27. The van der Waals surface area contributed by atoms with E-state index in [0.717, 1.165) is 5.56 Å². The normalized spacial score (nSPS) is 13.4. The first-order chi connectivity index (χ1) is 11.9. The molecule has 140 valence electrons. The predicted octanol–water partition coefficient (Wildman–Crippen LogP) is -0.171. The van der Waals surface area contributed by atoms with Crippen LogP contribution in [-0.2, 0) is 16.2 Å². The largest absolute Gasteiger partial charge is 0.392 e. The zero-order chi connectivity index (χ0) is 18.8. The van der Waals surface area contributed by atoms with Crippen LogP contribution in [0.25, 0.3) is 0 Å². The summed E-state index contributed by atoms with van der Waals surface area (Å²) in [4.78, 5) is 24.7. The zero-order valence-electron chi connectivity index (χ0n) is 14.8. The third-order valence-corrected chi connectivity index (χ3v) is 3.87. The molecule has 0 unspecified atom stereocenters. The Morgan fingerprint density at radius 3 is 2.32 bits per heavy atom. The van der Waals surface area contributed by atoms with Gasteiger partial charge in [0.1, 0.15) is 6.04 Å². The van der Waals surface area contributed by atoms with Gasteiger partial charge in [0.2, 0.25) is 11.8 Å². The van der Waals surface area contributed by atoms with Gasteiger partial charge >= 0.3 is 0 Å². The van der Waals surface area contributed by atoms with Crippen LogP contribution in [0.1, 0.15) is 32.3 Å². The Balaban J connectivity index is 2.74. The molecule has 25 heavy (non-hydrogen) atoms. The lowest BCUT2D eigenvalue weighted by Gasteiger charge is -2.22. The number of amides is 2. The second kappa shape index (κ2) is 10.8. The Morgan fingerprint density at radius 2 is 1.80 bits per heavy atom. The van der Waals surface area contributed by atoms with Gasteiger partial charge in [0, 0.05) is 12.2 Å². The van der Waals surface area contributed by atoms with Crippen LogP contribution in [0.4, 0.5) is 5.69 Å². The summed E-state index contributed by atoms with van der Waals surface area (Å²) in [6, 6.07) is 5.45. The smallest absolute Gasteiger partial charge is 0.246 e. The minimum absolute atomic E-state index is 0.0274. The molecule has 2 atom stereocenters. The van der Waals surface area contributed by atoms with Crippen molar-refractivity contribution in [1.29, 1.82) is 0 Å². The maximum atomic E-state index is 12.5. The molecule has 1 aromatic rings. The van der Waals surface area contributed by atoms with Crippen LogP contribution in [0.5, 0.6) is 0 Å². The summed E-state index contributed by atoms with van der Waals surface area (Å²) in [5.41, 5.74) is 9.71. The summed E-state index contributed by atoms with van der Waals surface area (Å²) in [5.74, 6) is 4.55. The summed E-state index contributed by atoms with van der Waals surface area (Å²) in [5, 5.41) is 14.5. The molecule has 0 radical (unpaired) electrons. The first kappa shape index (κ1) is 21.0. The molecule has 1 aromatic carbocycles. The number of aliphatic hydroxyl groups is 1. The van der Waals surface area contributed by atoms with E-state index in [0.29, 0.717) is 25.1 Å². The number of hydrogen-bond acceptors (Lipinski definition) is 6. The van der Waals surface area contributed by atoms with Crippen molar-refractivity contribution in [2.45, 2.75) is 45.4 Å². The Hall–Kier alpha value is -2.00. The van der Waals surface area contributed by atoms with E-state index in [1.165, 1.54) is 0 Å². The number of benzene rings is 1. The number of aliphatic hydroxyl groups excluding tert-OH is 1. The Kier molecular flexibility index (Phi) is 9.07. The van der Waals surface area contributed by atoms with Gasteiger partial charge in [-0.3, -0.25) is 20.9 Å². The van der Waals surface area contributed by atoms with Crippen molar-refractivity contribution < 1.29 is 14.7 Å². The minimum atomic E-state index is -0.705. The van der Waals surface area contributed by atoms with Crippen molar-refractivity contribution in [2.75, 3.05) is 11.9 Å². The molecule has 0 saturated heterocycles. The van der Waals surface area contributed by atoms with Crippen molar-refractivity contribution in [3.05, 3.63) is 29.8 Å². The fourth-order valence-electron chi connectivity index (χ4n) is 2.17. The number of hydrazine groups is 1. The predicted molar refractivity (Wildman–Crippen MR) is 97.2 cm³/mol. The number of nitrogens with one attached hydrogen (secondary N) is 3. The molecule has 0 aromatic heterocycles. The lowest BCUT2D eigenvalue weighted by atomic mass is 10.0. The Bertz CT molecular complexity index is 548. The molecule has 0 saturated carbocycles. The molecule has 0 spiro atoms. The molecule has 0 bridgehead atoms. The Labute approximate surface area is 148 Å². The zero-order valence-corrected chi connectivity index (χ0v) is 14.8. The van der Waals surface area contributed by atoms with Crippen LogP contribution in [0.3, 0.4) is 0 Å². The topological polar surface area (TPSA) is 142 Å². The summed E-state index contributed by atoms with van der Waals surface area (Å²) >= 11 is 0. The average molecular weight is 351 g/mol. The van der Waals surface area contributed by atoms with Gasteiger partial charge in [-0.15, -0.1) is 0 Å². The van der Waals surface area contributed by atoms with Crippen molar-refractivity contribution in [3.8, 4) is 0 Å². The molecule has 8 nitrogen and oxygen atoms in total. The monoisotopic (exact) mass is 351 g/mol. The van der Waals surface area contributed by atoms with Gasteiger partial charge < -0.3 is 21.5 Å². The van der Waals surface area contributed by atoms with Crippen LogP contribution in [0, 0.1) is 5.92 Å². The summed E-state index contributed by atoms with van der Waals surface area (Å²) < 4.78 is 0. The van der Waals surface area contributed by atoms with E-state index < -0.39 is 12.1 Å². The third kappa shape index (κ3) is 7.18. The molecular formula is C17H29N5O3. The molecule has 8 N–H and O–H groups in total. The molecule has 0 aliphatic heterocycles. The molecule has 2 amide bonds. The van der Waals surface area contributed by atoms with Crippen molar-refractivity contribution in [1.82, 2.24) is 10.7 Å². The van der Waals surface area contributed by atoms with Crippen LogP contribution >= 0.6 is 0 Å². The third-order valence-electron chi connectivity index (χ3n) is 3.87. The highest BCUT2D eigenvalue weighted by molar-refractivity contribution is 5.97. The number of nitrogens with two attached hydrogens (primary N) is 2. The first-order valence-electron chi connectivity index (χ1n) is 8.39. The van der Waals surface area contributed by atoms with Crippen LogP contribution in [0.2, 0.25) is 0 Å². The summed E-state index contributed by atoms with van der Waals surface area (Å²) in [7, 11) is 0. The highest BCUT2D eigenvalue weighted by atomic mass is 16.3. The number of carbonyl (C=O) groups is 2. The van der Waals surface area contributed by atoms with Crippen LogP contribution in [-0.4, -0.2) is 35.5 Å². The van der Waals surface area contributed by atoms with E-state index in [4.69, 9.17) is 16.7 Å². The van der Waals surface area contributed by atoms with Gasteiger partial charge in [0.05, 0.1) is 12.6 Å². The number of rotatable bonds is 10. The molecule has 0 aliphatic carbocycles. The molecule has 8 heteroatoms. The lowest BCUT2D eigenvalue weighted by Crippen LogP contribution is -2.51. The molecule has 0 heterocycles. The molecule has 0 aliphatic rings. The molecular weight excluding hydrogens is 322 g/mol. The van der Waals surface area contributed by atoms with Gasteiger partial charge in [-0.25, -0.2) is 0 Å². The van der Waals surface area contributed by atoms with E-state index in [1.807, 2.05) is 13.8 Å². The van der Waals surface area contributed by atoms with E-state index in [-0.39, 0.29) is 24.3 Å². The van der Waals surface area contributed by atoms with Gasteiger partial charge in [0.25, 0.3) is 0 Å². The second-order valence-corrected chi connectivity index (χ2v) is 6.27. The van der Waals surface area contributed by atoms with E-state index in [1.54, 1.807) is 24.3 Å². The Morgan fingerprint density at radius 1 is 1.16 bits per heavy atom. The maximum Gasteiger partial charge on any atom is 0.246 e. The lowest BCUT2D eigenvalue weighted by molar-refractivity contribution is -0.128. The van der Waals surface area contributed by atoms with Crippen molar-refractivity contribution >= 4 is 17.5 Å². The van der Waals surface area contributed by atoms with Gasteiger partial charge in [-0.05, 0) is 36.5 Å². The SMILES string of the molecule is CC(C)[C@H](N)C(=O)N[C@@H](CCCNN)C(=O)Nc1ccc(CO)cc1. The number of carbonyl (C=O) groups excluding carboxylic acids is 2. The standard InChI is InChI=1S/C17H29N5O3/c1-11(2)15(18)17(25)22-14(4-3-9-20-19)16(24)21-13-7-5-12(10-23)6-8-13/h5-8,11,14-15,20,23H,3-4,9-10,18-19H2,1-2H3,(H,21,24)(H,22,25)/t14-,15-/m0/s1. The van der Waals surface area contributed by atoms with Gasteiger partial charge in [-0.2, -0.15) is 0 Å². The number of hydrogen-bond donors (Lipinski definition) is 6. The van der Waals surface area contributed by atoms with E-state index in [2.05, 4.69) is 16.1 Å². The first-order valence-corrected chi connectivity index (χ1v) is 8.39. The van der Waals surface area contributed by atoms with E-state index >= 15 is 0 Å². The summed E-state index contributed by atoms with van der Waals surface area (Å²) in [6.07, 6.45) is 1.05.